The van der Waals surface area contributed by atoms with E-state index in [1.807, 2.05) is 36.4 Å². The van der Waals surface area contributed by atoms with Crippen molar-refractivity contribution < 1.29 is 9.59 Å². The standard InChI is InChI=1S/C19H18N4O2S/c1-12(18(21)25)23(14-10-6-3-7-11-14)19-22-17(20)16(26-19)15(24)13-8-4-2-5-9-13/h2-12H,20H2,1H3,(H2,21,25). The van der Waals surface area contributed by atoms with Crippen LogP contribution in [-0.2, 0) is 4.79 Å². The quantitative estimate of drug-likeness (QED) is 0.653. The predicted octanol–water partition coefficient (Wildman–Crippen LogP) is 2.97. The van der Waals surface area contributed by atoms with Crippen LogP contribution in [0.15, 0.2) is 60.7 Å². The van der Waals surface area contributed by atoms with E-state index in [4.69, 9.17) is 11.5 Å². The lowest BCUT2D eigenvalue weighted by Gasteiger charge is -2.26. The van der Waals surface area contributed by atoms with Gasteiger partial charge in [0, 0.05) is 11.3 Å². The third-order valence-corrected chi connectivity index (χ3v) is 4.99. The Labute approximate surface area is 155 Å². The number of rotatable bonds is 6. The molecule has 1 atom stereocenters. The largest absolute Gasteiger partial charge is 0.382 e. The van der Waals surface area contributed by atoms with E-state index in [1.54, 1.807) is 36.1 Å². The van der Waals surface area contributed by atoms with E-state index in [1.165, 1.54) is 0 Å². The number of hydrogen-bond acceptors (Lipinski definition) is 6. The first-order chi connectivity index (χ1) is 12.5. The van der Waals surface area contributed by atoms with Gasteiger partial charge in [0.2, 0.25) is 11.7 Å². The van der Waals surface area contributed by atoms with Gasteiger partial charge >= 0.3 is 0 Å². The second kappa shape index (κ2) is 7.37. The number of ketones is 1. The third kappa shape index (κ3) is 3.43. The summed E-state index contributed by atoms with van der Waals surface area (Å²) in [7, 11) is 0. The summed E-state index contributed by atoms with van der Waals surface area (Å²) in [5, 5.41) is 0.444. The Hall–Kier alpha value is -3.19. The smallest absolute Gasteiger partial charge is 0.240 e. The van der Waals surface area contributed by atoms with Gasteiger partial charge < -0.3 is 16.4 Å². The number of carbonyl (C=O) groups excluding carboxylic acids is 2. The average Bonchev–Trinajstić information content (AvgIpc) is 3.04. The Kier molecular flexibility index (Phi) is 4.99. The van der Waals surface area contributed by atoms with Gasteiger partial charge in [-0.25, -0.2) is 4.98 Å². The number of nitrogens with zero attached hydrogens (tertiary/aromatic N) is 2. The maximum atomic E-state index is 12.7. The van der Waals surface area contributed by atoms with Crippen LogP contribution in [-0.4, -0.2) is 22.7 Å². The van der Waals surface area contributed by atoms with Crippen molar-refractivity contribution in [2.75, 3.05) is 10.6 Å². The van der Waals surface area contributed by atoms with E-state index >= 15 is 0 Å². The van der Waals surface area contributed by atoms with Crippen LogP contribution in [0.5, 0.6) is 0 Å². The lowest BCUT2D eigenvalue weighted by Crippen LogP contribution is -2.39. The number of primary amides is 1. The van der Waals surface area contributed by atoms with Crippen LogP contribution >= 0.6 is 11.3 Å². The zero-order valence-corrected chi connectivity index (χ0v) is 14.9. The van der Waals surface area contributed by atoms with Gasteiger partial charge in [0.1, 0.15) is 16.7 Å². The van der Waals surface area contributed by atoms with E-state index in [0.717, 1.165) is 17.0 Å². The van der Waals surface area contributed by atoms with Crippen molar-refractivity contribution in [1.82, 2.24) is 4.98 Å². The molecule has 0 spiro atoms. The van der Waals surface area contributed by atoms with Crippen LogP contribution in [0, 0.1) is 0 Å². The molecule has 1 unspecified atom stereocenters. The fraction of sp³-hybridized carbons (Fsp3) is 0.105. The maximum absolute atomic E-state index is 12.7. The number of amides is 1. The molecule has 0 saturated carbocycles. The summed E-state index contributed by atoms with van der Waals surface area (Å²) in [5.74, 6) is -0.568. The van der Waals surface area contributed by atoms with Gasteiger partial charge in [-0.15, -0.1) is 0 Å². The van der Waals surface area contributed by atoms with Crippen LogP contribution in [0.4, 0.5) is 16.6 Å². The van der Waals surface area contributed by atoms with Crippen molar-refractivity contribution in [3.8, 4) is 0 Å². The molecule has 0 aliphatic rings. The number of anilines is 3. The molecule has 3 aromatic rings. The van der Waals surface area contributed by atoms with Crippen molar-refractivity contribution in [2.24, 2.45) is 5.73 Å². The normalized spacial score (nSPS) is 11.7. The molecule has 4 N–H and O–H groups in total. The lowest BCUT2D eigenvalue weighted by molar-refractivity contribution is -0.118. The molecule has 7 heteroatoms. The Morgan fingerprint density at radius 2 is 1.62 bits per heavy atom. The van der Waals surface area contributed by atoms with Crippen LogP contribution < -0.4 is 16.4 Å². The van der Waals surface area contributed by atoms with Crippen LogP contribution in [0.25, 0.3) is 0 Å². The highest BCUT2D eigenvalue weighted by Gasteiger charge is 2.27. The van der Waals surface area contributed by atoms with Crippen molar-refractivity contribution in [3.63, 3.8) is 0 Å². The van der Waals surface area contributed by atoms with Crippen molar-refractivity contribution in [3.05, 3.63) is 71.1 Å². The average molecular weight is 366 g/mol. The van der Waals surface area contributed by atoms with E-state index in [-0.39, 0.29) is 11.6 Å². The molecular weight excluding hydrogens is 348 g/mol. The first-order valence-electron chi connectivity index (χ1n) is 7.98. The summed E-state index contributed by atoms with van der Waals surface area (Å²) < 4.78 is 0. The number of hydrogen-bond donors (Lipinski definition) is 2. The molecule has 0 saturated heterocycles. The molecule has 2 aromatic carbocycles. The monoisotopic (exact) mass is 366 g/mol. The van der Waals surface area contributed by atoms with Crippen LogP contribution in [0.1, 0.15) is 22.2 Å². The van der Waals surface area contributed by atoms with E-state index in [0.29, 0.717) is 15.6 Å². The van der Waals surface area contributed by atoms with Gasteiger partial charge in [-0.1, -0.05) is 59.9 Å². The highest BCUT2D eigenvalue weighted by atomic mass is 32.1. The first kappa shape index (κ1) is 17.6. The van der Waals surface area contributed by atoms with Crippen LogP contribution in [0.2, 0.25) is 0 Å². The Balaban J connectivity index is 2.04. The van der Waals surface area contributed by atoms with Gasteiger partial charge in [-0.2, -0.15) is 0 Å². The van der Waals surface area contributed by atoms with Crippen molar-refractivity contribution in [2.45, 2.75) is 13.0 Å². The third-order valence-electron chi connectivity index (χ3n) is 3.92. The maximum Gasteiger partial charge on any atom is 0.240 e. The second-order valence-corrected chi connectivity index (χ2v) is 6.67. The molecule has 1 aromatic heterocycles. The Morgan fingerprint density at radius 1 is 1.04 bits per heavy atom. The molecule has 26 heavy (non-hydrogen) atoms. The second-order valence-electron chi connectivity index (χ2n) is 5.69. The number of para-hydroxylation sites is 1. The van der Waals surface area contributed by atoms with E-state index in [2.05, 4.69) is 4.98 Å². The molecule has 0 aliphatic carbocycles. The van der Waals surface area contributed by atoms with E-state index in [9.17, 15) is 9.59 Å². The summed E-state index contributed by atoms with van der Waals surface area (Å²) >= 11 is 1.14. The molecule has 0 fully saturated rings. The lowest BCUT2D eigenvalue weighted by atomic mass is 10.1. The topological polar surface area (TPSA) is 102 Å². The number of thiazole rings is 1. The zero-order chi connectivity index (χ0) is 18.7. The highest BCUT2D eigenvalue weighted by molar-refractivity contribution is 7.18. The number of nitrogen functional groups attached to an aromatic ring is 1. The molecule has 0 aliphatic heterocycles. The van der Waals surface area contributed by atoms with Gasteiger partial charge in [-0.05, 0) is 19.1 Å². The Bertz CT molecular complexity index is 925. The number of aromatic nitrogens is 1. The van der Waals surface area contributed by atoms with E-state index < -0.39 is 11.9 Å². The zero-order valence-electron chi connectivity index (χ0n) is 14.1. The molecule has 0 bridgehead atoms. The van der Waals surface area contributed by atoms with Gasteiger partial charge in [-0.3, -0.25) is 9.59 Å². The summed E-state index contributed by atoms with van der Waals surface area (Å²) in [6, 6.07) is 17.5. The fourth-order valence-electron chi connectivity index (χ4n) is 2.52. The number of benzene rings is 2. The molecular formula is C19H18N4O2S. The minimum absolute atomic E-state index is 0.136. The number of carbonyl (C=O) groups is 2. The summed E-state index contributed by atoms with van der Waals surface area (Å²) in [4.78, 5) is 30.9. The Morgan fingerprint density at radius 3 is 2.19 bits per heavy atom. The predicted molar refractivity (Wildman–Crippen MR) is 104 cm³/mol. The SMILES string of the molecule is CC(C(N)=O)N(c1ccccc1)c1nc(N)c(C(=O)c2ccccc2)s1. The number of nitrogens with two attached hydrogens (primary N) is 2. The highest BCUT2D eigenvalue weighted by Crippen LogP contribution is 2.35. The molecule has 6 nitrogen and oxygen atoms in total. The van der Waals surface area contributed by atoms with Crippen molar-refractivity contribution in [1.29, 1.82) is 0 Å². The van der Waals surface area contributed by atoms with Gasteiger partial charge in [0.05, 0.1) is 0 Å². The molecule has 132 valence electrons. The molecule has 1 heterocycles. The molecule has 1 amide bonds. The van der Waals surface area contributed by atoms with Gasteiger partial charge in [0.25, 0.3) is 0 Å². The summed E-state index contributed by atoms with van der Waals surface area (Å²) in [6.45, 7) is 1.69. The minimum atomic E-state index is -0.650. The summed E-state index contributed by atoms with van der Waals surface area (Å²) in [6.07, 6.45) is 0. The van der Waals surface area contributed by atoms with Crippen LogP contribution in [0.3, 0.4) is 0 Å². The molecule has 0 radical (unpaired) electrons. The fourth-order valence-corrected chi connectivity index (χ4v) is 3.57. The minimum Gasteiger partial charge on any atom is -0.382 e. The van der Waals surface area contributed by atoms with Gasteiger partial charge in [0.15, 0.2) is 5.13 Å². The van der Waals surface area contributed by atoms with Crippen molar-refractivity contribution >= 4 is 39.7 Å². The summed E-state index contributed by atoms with van der Waals surface area (Å²) in [5.41, 5.74) is 12.8. The molecule has 3 rings (SSSR count). The first-order valence-corrected chi connectivity index (χ1v) is 8.80.